The van der Waals surface area contributed by atoms with Crippen LogP contribution < -0.4 is 0 Å². The van der Waals surface area contributed by atoms with Crippen LogP contribution in [0, 0.1) is 0 Å². The highest BCUT2D eigenvalue weighted by Gasteiger charge is 2.45. The van der Waals surface area contributed by atoms with Gasteiger partial charge in [0.15, 0.2) is 5.60 Å². The first kappa shape index (κ1) is 15.9. The Morgan fingerprint density at radius 1 is 1.36 bits per heavy atom. The molecule has 0 aliphatic carbocycles. The van der Waals surface area contributed by atoms with E-state index in [1.807, 2.05) is 33.9 Å². The number of hydrogen-bond acceptors (Lipinski definition) is 4. The summed E-state index contributed by atoms with van der Waals surface area (Å²) in [6.45, 7) is 3.03. The number of amides is 1. The predicted molar refractivity (Wildman–Crippen MR) is 91.0 cm³/mol. The number of carbonyl (C=O) groups is 2. The maximum Gasteiger partial charge on any atom is 0.339 e. The molecule has 2 aliphatic heterocycles. The van der Waals surface area contributed by atoms with Crippen molar-refractivity contribution in [2.75, 3.05) is 13.1 Å². The molecule has 0 N–H and O–H groups in total. The van der Waals surface area contributed by atoms with Gasteiger partial charge in [-0.1, -0.05) is 18.2 Å². The van der Waals surface area contributed by atoms with E-state index in [9.17, 15) is 9.59 Å². The number of rotatable bonds is 2. The summed E-state index contributed by atoms with van der Waals surface area (Å²) in [5, 5.41) is 0. The quantitative estimate of drug-likeness (QED) is 0.787. The number of esters is 1. The molecule has 4 rings (SSSR count). The Bertz CT molecular complexity index is 802. The van der Waals surface area contributed by atoms with E-state index in [1.165, 1.54) is 0 Å². The van der Waals surface area contributed by atoms with E-state index in [0.717, 1.165) is 18.4 Å². The average molecular weight is 339 g/mol. The van der Waals surface area contributed by atoms with Gasteiger partial charge in [0.25, 0.3) is 5.91 Å². The van der Waals surface area contributed by atoms with Crippen LogP contribution in [0.1, 0.15) is 41.7 Å². The zero-order valence-electron chi connectivity index (χ0n) is 14.2. The lowest BCUT2D eigenvalue weighted by Gasteiger charge is -2.40. The van der Waals surface area contributed by atoms with Crippen molar-refractivity contribution < 1.29 is 14.3 Å². The van der Waals surface area contributed by atoms with E-state index in [4.69, 9.17) is 4.74 Å². The fraction of sp³-hybridized carbons (Fsp3) is 0.421. The van der Waals surface area contributed by atoms with Crippen molar-refractivity contribution in [2.45, 2.75) is 37.8 Å². The number of imidazole rings is 1. The summed E-state index contributed by atoms with van der Waals surface area (Å²) in [5.74, 6) is -0.527. The van der Waals surface area contributed by atoms with E-state index in [-0.39, 0.29) is 11.9 Å². The van der Waals surface area contributed by atoms with Gasteiger partial charge in [-0.05, 0) is 31.4 Å². The molecule has 0 unspecified atom stereocenters. The Labute approximate surface area is 146 Å². The largest absolute Gasteiger partial charge is 0.445 e. The van der Waals surface area contributed by atoms with E-state index in [0.29, 0.717) is 25.1 Å². The van der Waals surface area contributed by atoms with Crippen LogP contribution in [0.3, 0.4) is 0 Å². The molecule has 0 bridgehead atoms. The molecule has 0 radical (unpaired) electrons. The molecule has 1 amide bonds. The second-order valence-electron chi connectivity index (χ2n) is 7.01. The summed E-state index contributed by atoms with van der Waals surface area (Å²) in [4.78, 5) is 31.4. The molecule has 6 heteroatoms. The number of nitrogens with zero attached hydrogens (tertiary/aromatic N) is 3. The fourth-order valence-electron chi connectivity index (χ4n) is 3.85. The van der Waals surface area contributed by atoms with Crippen molar-refractivity contribution >= 4 is 11.9 Å². The van der Waals surface area contributed by atoms with Crippen LogP contribution in [0.15, 0.2) is 43.0 Å². The molecule has 1 aromatic heterocycles. The van der Waals surface area contributed by atoms with E-state index >= 15 is 0 Å². The van der Waals surface area contributed by atoms with E-state index in [1.54, 1.807) is 25.5 Å². The third-order valence-electron chi connectivity index (χ3n) is 5.17. The number of piperidine rings is 1. The summed E-state index contributed by atoms with van der Waals surface area (Å²) in [5.41, 5.74) is 0.294. The molecular formula is C19H21N3O3. The molecule has 6 nitrogen and oxygen atoms in total. The van der Waals surface area contributed by atoms with Crippen LogP contribution in [0.4, 0.5) is 0 Å². The highest BCUT2D eigenvalue weighted by molar-refractivity contribution is 5.97. The first-order chi connectivity index (χ1) is 12.1. The molecule has 1 fully saturated rings. The third kappa shape index (κ3) is 2.81. The number of ether oxygens (including phenoxy) is 1. The van der Waals surface area contributed by atoms with Crippen LogP contribution >= 0.6 is 0 Å². The minimum Gasteiger partial charge on any atom is -0.445 e. The lowest BCUT2D eigenvalue weighted by atomic mass is 9.88. The molecule has 2 aliphatic rings. The van der Waals surface area contributed by atoms with Gasteiger partial charge < -0.3 is 14.2 Å². The molecule has 0 saturated carbocycles. The van der Waals surface area contributed by atoms with Crippen molar-refractivity contribution in [3.8, 4) is 0 Å². The Balaban J connectivity index is 1.55. The molecule has 2 aromatic rings. The predicted octanol–water partition coefficient (Wildman–Crippen LogP) is 2.22. The monoisotopic (exact) mass is 339 g/mol. The van der Waals surface area contributed by atoms with Gasteiger partial charge in [-0.2, -0.15) is 0 Å². The molecule has 0 spiro atoms. The van der Waals surface area contributed by atoms with E-state index < -0.39 is 11.6 Å². The van der Waals surface area contributed by atoms with Crippen LogP contribution in [0.5, 0.6) is 0 Å². The Morgan fingerprint density at radius 2 is 2.20 bits per heavy atom. The van der Waals surface area contributed by atoms with Crippen molar-refractivity contribution in [3.05, 3.63) is 54.1 Å². The summed E-state index contributed by atoms with van der Waals surface area (Å²) in [6, 6.07) is 7.56. The number of likely N-dealkylation sites (tertiary alicyclic amines) is 1. The van der Waals surface area contributed by atoms with Crippen molar-refractivity contribution in [3.63, 3.8) is 0 Å². The summed E-state index contributed by atoms with van der Waals surface area (Å²) >= 11 is 0. The van der Waals surface area contributed by atoms with Crippen molar-refractivity contribution in [2.24, 2.45) is 0 Å². The summed E-state index contributed by atoms with van der Waals surface area (Å²) in [6.07, 6.45) is 7.82. The van der Waals surface area contributed by atoms with Gasteiger partial charge in [0.05, 0.1) is 17.9 Å². The van der Waals surface area contributed by atoms with E-state index in [2.05, 4.69) is 4.98 Å². The molecule has 3 heterocycles. The first-order valence-electron chi connectivity index (χ1n) is 8.65. The highest BCUT2D eigenvalue weighted by atomic mass is 16.6. The third-order valence-corrected chi connectivity index (χ3v) is 5.17. The van der Waals surface area contributed by atoms with Crippen LogP contribution in [-0.2, 0) is 16.0 Å². The van der Waals surface area contributed by atoms with Gasteiger partial charge >= 0.3 is 5.97 Å². The summed E-state index contributed by atoms with van der Waals surface area (Å²) < 4.78 is 7.64. The van der Waals surface area contributed by atoms with Gasteiger partial charge in [-0.25, -0.2) is 9.78 Å². The fourth-order valence-corrected chi connectivity index (χ4v) is 3.85. The zero-order chi connectivity index (χ0) is 17.4. The summed E-state index contributed by atoms with van der Waals surface area (Å²) in [7, 11) is 0. The molecule has 1 saturated heterocycles. The van der Waals surface area contributed by atoms with Crippen molar-refractivity contribution in [1.29, 1.82) is 0 Å². The van der Waals surface area contributed by atoms with Gasteiger partial charge in [-0.15, -0.1) is 0 Å². The average Bonchev–Trinajstić information content (AvgIpc) is 3.16. The van der Waals surface area contributed by atoms with Gasteiger partial charge in [0.2, 0.25) is 0 Å². The molecule has 2 atom stereocenters. The second kappa shape index (κ2) is 6.02. The number of aromatic nitrogens is 2. The standard InChI is InChI=1S/C19H21N3O3/c1-19(11-14-5-2-3-7-16(14)17(23)25-19)18(24)21-9-4-6-15(12-21)22-10-8-20-13-22/h2-3,5,7-8,10,13,15H,4,6,9,11-12H2,1H3/t15-,19-/m0/s1. The second-order valence-corrected chi connectivity index (χ2v) is 7.01. The Hall–Kier alpha value is -2.63. The van der Waals surface area contributed by atoms with Gasteiger partial charge in [0, 0.05) is 31.9 Å². The van der Waals surface area contributed by atoms with Crippen LogP contribution in [0.25, 0.3) is 0 Å². The zero-order valence-corrected chi connectivity index (χ0v) is 14.2. The van der Waals surface area contributed by atoms with Crippen molar-refractivity contribution in [1.82, 2.24) is 14.5 Å². The highest BCUT2D eigenvalue weighted by Crippen LogP contribution is 2.31. The number of benzene rings is 1. The van der Waals surface area contributed by atoms with Crippen LogP contribution in [0.2, 0.25) is 0 Å². The molecule has 1 aromatic carbocycles. The minimum absolute atomic E-state index is 0.111. The number of hydrogen-bond donors (Lipinski definition) is 0. The lowest BCUT2D eigenvalue weighted by molar-refractivity contribution is -0.152. The number of carbonyl (C=O) groups excluding carboxylic acids is 2. The smallest absolute Gasteiger partial charge is 0.339 e. The molecule has 25 heavy (non-hydrogen) atoms. The van der Waals surface area contributed by atoms with Gasteiger partial charge in [-0.3, -0.25) is 4.79 Å². The Morgan fingerprint density at radius 3 is 3.00 bits per heavy atom. The van der Waals surface area contributed by atoms with Gasteiger partial charge in [0.1, 0.15) is 0 Å². The maximum absolute atomic E-state index is 13.2. The van der Waals surface area contributed by atoms with Crippen LogP contribution in [-0.4, -0.2) is 45.0 Å². The maximum atomic E-state index is 13.2. The topological polar surface area (TPSA) is 64.4 Å². The first-order valence-corrected chi connectivity index (χ1v) is 8.65. The number of fused-ring (bicyclic) bond motifs is 1. The Kier molecular flexibility index (Phi) is 3.82. The molecule has 130 valence electrons. The SMILES string of the molecule is C[C@@]1(C(=O)N2CCC[C@H](n3ccnc3)C2)Cc2ccccc2C(=O)O1. The minimum atomic E-state index is -1.14. The number of cyclic esters (lactones) is 1. The lowest BCUT2D eigenvalue weighted by Crippen LogP contribution is -2.55. The normalized spacial score (nSPS) is 26.0. The molecular weight excluding hydrogens is 318 g/mol.